The van der Waals surface area contributed by atoms with Crippen molar-refractivity contribution in [1.82, 2.24) is 4.98 Å². The van der Waals surface area contributed by atoms with E-state index < -0.39 is 5.60 Å². The molecule has 3 nitrogen and oxygen atoms in total. The number of Topliss-reactive ketones (excluding diaryl/α,β-unsaturated/α-hetero) is 1. The molecule has 0 N–H and O–H groups in total. The molecule has 0 spiro atoms. The van der Waals surface area contributed by atoms with Crippen LogP contribution in [-0.4, -0.2) is 23.5 Å². The van der Waals surface area contributed by atoms with Gasteiger partial charge in [-0.25, -0.2) is 4.98 Å². The highest BCUT2D eigenvalue weighted by molar-refractivity contribution is 7.09. The van der Waals surface area contributed by atoms with Gasteiger partial charge in [0.25, 0.3) is 0 Å². The summed E-state index contributed by atoms with van der Waals surface area (Å²) in [6.45, 7) is 4.52. The summed E-state index contributed by atoms with van der Waals surface area (Å²) in [6.07, 6.45) is 5.92. The molecule has 100 valence electrons. The molecule has 4 heteroatoms. The Bertz CT molecular complexity index is 401. The fourth-order valence-electron chi connectivity index (χ4n) is 2.57. The maximum Gasteiger partial charge on any atom is 0.171 e. The Hall–Kier alpha value is -0.740. The predicted octanol–water partition coefficient (Wildman–Crippen LogP) is 3.24. The maximum absolute atomic E-state index is 12.5. The van der Waals surface area contributed by atoms with Crippen LogP contribution >= 0.6 is 11.3 Å². The van der Waals surface area contributed by atoms with Gasteiger partial charge in [-0.05, 0) is 31.1 Å². The molecule has 18 heavy (non-hydrogen) atoms. The molecule has 1 aliphatic rings. The molecule has 0 atom stereocenters. The van der Waals surface area contributed by atoms with Gasteiger partial charge >= 0.3 is 0 Å². The van der Waals surface area contributed by atoms with Gasteiger partial charge in [-0.1, -0.05) is 13.8 Å². The minimum absolute atomic E-state index is 0.190. The van der Waals surface area contributed by atoms with E-state index in [0.717, 1.165) is 30.7 Å². The Kier molecular flexibility index (Phi) is 3.87. The first kappa shape index (κ1) is 13.7. The highest BCUT2D eigenvalue weighted by Gasteiger charge is 2.43. The number of aromatic nitrogens is 1. The number of ether oxygens (including phenoxy) is 1. The standard InChI is InChI=1S/C14H21NO2S/c1-13(2)4-6-14(17-3,7-5-13)11(16)10-12-15-8-9-18-12/h8-9H,4-7,10H2,1-3H3. The number of hydrogen-bond acceptors (Lipinski definition) is 4. The van der Waals surface area contributed by atoms with Gasteiger partial charge in [-0.3, -0.25) is 4.79 Å². The van der Waals surface area contributed by atoms with E-state index in [9.17, 15) is 4.79 Å². The van der Waals surface area contributed by atoms with Gasteiger partial charge in [0.15, 0.2) is 5.78 Å². The molecule has 1 aromatic heterocycles. The van der Waals surface area contributed by atoms with Gasteiger partial charge in [0, 0.05) is 18.7 Å². The molecular weight excluding hydrogens is 246 g/mol. The number of carbonyl (C=O) groups is 1. The highest BCUT2D eigenvalue weighted by atomic mass is 32.1. The van der Waals surface area contributed by atoms with Crippen LogP contribution in [0.25, 0.3) is 0 Å². The summed E-state index contributed by atoms with van der Waals surface area (Å²) in [5, 5.41) is 2.80. The smallest absolute Gasteiger partial charge is 0.171 e. The Labute approximate surface area is 113 Å². The lowest BCUT2D eigenvalue weighted by atomic mass is 9.69. The third-order valence-electron chi connectivity index (χ3n) is 4.11. The van der Waals surface area contributed by atoms with Crippen LogP contribution in [-0.2, 0) is 16.0 Å². The summed E-state index contributed by atoms with van der Waals surface area (Å²) in [7, 11) is 1.66. The second kappa shape index (κ2) is 5.10. The first-order chi connectivity index (χ1) is 8.47. The monoisotopic (exact) mass is 267 g/mol. The van der Waals surface area contributed by atoms with E-state index in [1.807, 2.05) is 5.38 Å². The second-order valence-corrected chi connectivity index (χ2v) is 6.87. The van der Waals surface area contributed by atoms with Gasteiger partial charge in [0.2, 0.25) is 0 Å². The van der Waals surface area contributed by atoms with E-state index in [1.165, 1.54) is 11.3 Å². The molecule has 1 saturated carbocycles. The van der Waals surface area contributed by atoms with Crippen molar-refractivity contribution in [3.63, 3.8) is 0 Å². The summed E-state index contributed by atoms with van der Waals surface area (Å²) < 4.78 is 5.61. The van der Waals surface area contributed by atoms with Crippen LogP contribution in [0, 0.1) is 5.41 Å². The molecule has 0 aliphatic heterocycles. The number of rotatable bonds is 4. The average Bonchev–Trinajstić information content (AvgIpc) is 2.82. The fraction of sp³-hybridized carbons (Fsp3) is 0.714. The van der Waals surface area contributed by atoms with E-state index in [-0.39, 0.29) is 5.78 Å². The molecule has 1 aliphatic carbocycles. The van der Waals surface area contributed by atoms with Crippen molar-refractivity contribution >= 4 is 17.1 Å². The van der Waals surface area contributed by atoms with E-state index in [1.54, 1.807) is 13.3 Å². The Morgan fingerprint density at radius 1 is 1.39 bits per heavy atom. The maximum atomic E-state index is 12.5. The zero-order chi connectivity index (χ0) is 13.2. The molecule has 1 aromatic rings. The number of hydrogen-bond donors (Lipinski definition) is 0. The lowest BCUT2D eigenvalue weighted by molar-refractivity contribution is -0.147. The minimum atomic E-state index is -0.568. The van der Waals surface area contributed by atoms with Crippen molar-refractivity contribution in [3.8, 4) is 0 Å². The van der Waals surface area contributed by atoms with Crippen LogP contribution in [0.4, 0.5) is 0 Å². The Morgan fingerprint density at radius 3 is 2.56 bits per heavy atom. The van der Waals surface area contributed by atoms with Gasteiger partial charge < -0.3 is 4.74 Å². The van der Waals surface area contributed by atoms with Crippen molar-refractivity contribution in [2.24, 2.45) is 5.41 Å². The Morgan fingerprint density at radius 2 is 2.06 bits per heavy atom. The molecule has 1 fully saturated rings. The largest absolute Gasteiger partial charge is 0.370 e. The molecule has 1 heterocycles. The Balaban J connectivity index is 2.06. The van der Waals surface area contributed by atoms with Gasteiger partial charge in [-0.15, -0.1) is 11.3 Å². The van der Waals surface area contributed by atoms with E-state index >= 15 is 0 Å². The summed E-state index contributed by atoms with van der Waals surface area (Å²) in [4.78, 5) is 16.7. The molecular formula is C14H21NO2S. The van der Waals surface area contributed by atoms with Crippen LogP contribution in [0.1, 0.15) is 44.5 Å². The van der Waals surface area contributed by atoms with Crippen molar-refractivity contribution in [2.45, 2.75) is 51.6 Å². The molecule has 0 amide bonds. The van der Waals surface area contributed by atoms with Crippen LogP contribution < -0.4 is 0 Å². The quantitative estimate of drug-likeness (QED) is 0.840. The number of ketones is 1. The van der Waals surface area contributed by atoms with E-state index in [0.29, 0.717) is 11.8 Å². The van der Waals surface area contributed by atoms with Crippen molar-refractivity contribution in [2.75, 3.05) is 7.11 Å². The highest BCUT2D eigenvalue weighted by Crippen LogP contribution is 2.42. The molecule has 2 rings (SSSR count). The zero-order valence-corrected chi connectivity index (χ0v) is 12.2. The summed E-state index contributed by atoms with van der Waals surface area (Å²) in [6, 6.07) is 0. The molecule has 0 bridgehead atoms. The second-order valence-electron chi connectivity index (χ2n) is 5.89. The summed E-state index contributed by atoms with van der Waals surface area (Å²) in [5.41, 5.74) is -0.231. The summed E-state index contributed by atoms with van der Waals surface area (Å²) >= 11 is 1.54. The first-order valence-corrected chi connectivity index (χ1v) is 7.32. The van der Waals surface area contributed by atoms with Crippen molar-refractivity contribution < 1.29 is 9.53 Å². The van der Waals surface area contributed by atoms with Crippen LogP contribution in [0.5, 0.6) is 0 Å². The molecule has 0 saturated heterocycles. The lowest BCUT2D eigenvalue weighted by Gasteiger charge is -2.41. The number of carbonyl (C=O) groups excluding carboxylic acids is 1. The van der Waals surface area contributed by atoms with Gasteiger partial charge in [0.1, 0.15) is 5.60 Å². The third kappa shape index (κ3) is 2.81. The fourth-order valence-corrected chi connectivity index (χ4v) is 3.18. The topological polar surface area (TPSA) is 39.2 Å². The van der Waals surface area contributed by atoms with E-state index in [2.05, 4.69) is 18.8 Å². The van der Waals surface area contributed by atoms with Gasteiger partial charge in [0.05, 0.1) is 11.4 Å². The molecule has 0 radical (unpaired) electrons. The molecule has 0 aromatic carbocycles. The van der Waals surface area contributed by atoms with Crippen LogP contribution in [0.2, 0.25) is 0 Å². The normalized spacial score (nSPS) is 21.7. The number of nitrogens with zero attached hydrogens (tertiary/aromatic N) is 1. The third-order valence-corrected chi connectivity index (χ3v) is 4.89. The van der Waals surface area contributed by atoms with Gasteiger partial charge in [-0.2, -0.15) is 0 Å². The van der Waals surface area contributed by atoms with Crippen molar-refractivity contribution in [3.05, 3.63) is 16.6 Å². The van der Waals surface area contributed by atoms with Crippen molar-refractivity contribution in [1.29, 1.82) is 0 Å². The SMILES string of the molecule is COC1(C(=O)Cc2nccs2)CCC(C)(C)CC1. The first-order valence-electron chi connectivity index (χ1n) is 6.44. The zero-order valence-electron chi connectivity index (χ0n) is 11.4. The van der Waals surface area contributed by atoms with E-state index in [4.69, 9.17) is 4.74 Å². The summed E-state index contributed by atoms with van der Waals surface area (Å²) in [5.74, 6) is 0.190. The minimum Gasteiger partial charge on any atom is -0.370 e. The average molecular weight is 267 g/mol. The number of thiazole rings is 1. The van der Waals surface area contributed by atoms with Crippen LogP contribution in [0.3, 0.4) is 0 Å². The predicted molar refractivity (Wildman–Crippen MR) is 72.8 cm³/mol. The number of methoxy groups -OCH3 is 1. The lowest BCUT2D eigenvalue weighted by Crippen LogP contribution is -2.46. The van der Waals surface area contributed by atoms with Crippen LogP contribution in [0.15, 0.2) is 11.6 Å². The molecule has 0 unspecified atom stereocenters.